The Labute approximate surface area is 77.6 Å². The minimum atomic E-state index is -1.15. The Kier molecular flexibility index (Phi) is 2.45. The Morgan fingerprint density at radius 2 is 2.00 bits per heavy atom. The summed E-state index contributed by atoms with van der Waals surface area (Å²) < 4.78 is 0. The van der Waals surface area contributed by atoms with E-state index < -0.39 is 11.2 Å². The molecule has 0 bridgehead atoms. The van der Waals surface area contributed by atoms with Gasteiger partial charge in [-0.05, 0) is 26.8 Å². The van der Waals surface area contributed by atoms with Crippen LogP contribution in [-0.4, -0.2) is 31.6 Å². The summed E-state index contributed by atoms with van der Waals surface area (Å²) in [4.78, 5) is 0. The topological polar surface area (TPSA) is 69.1 Å². The molecule has 0 radical (unpaired) electrons. The summed E-state index contributed by atoms with van der Waals surface area (Å²) in [5.41, 5.74) is -1.47. The molecule has 1 atom stereocenters. The van der Waals surface area contributed by atoms with E-state index in [4.69, 9.17) is 0 Å². The van der Waals surface area contributed by atoms with E-state index >= 15 is 0 Å². The molecule has 74 valence electrons. The average Bonchev–Trinajstić information content (AvgIpc) is 2.35. The minimum Gasteiger partial charge on any atom is -0.387 e. The smallest absolute Gasteiger partial charge is 0.0954 e. The van der Waals surface area contributed by atoms with Crippen LogP contribution in [0.25, 0.3) is 0 Å². The number of aromatic nitrogens is 2. The molecule has 0 aliphatic carbocycles. The number of aliphatic hydroxyl groups is 2. The van der Waals surface area contributed by atoms with Crippen LogP contribution in [0.1, 0.15) is 26.5 Å². The number of nitrogens with zero attached hydrogens (tertiary/aromatic N) is 1. The molecule has 4 nitrogen and oxygen atoms in total. The Morgan fingerprint density at radius 1 is 1.38 bits per heavy atom. The fourth-order valence-electron chi connectivity index (χ4n) is 0.970. The Morgan fingerprint density at radius 3 is 2.38 bits per heavy atom. The first-order valence-corrected chi connectivity index (χ1v) is 4.26. The average molecular weight is 184 g/mol. The molecule has 0 fully saturated rings. The molecule has 0 aliphatic rings. The van der Waals surface area contributed by atoms with Gasteiger partial charge in [0.15, 0.2) is 0 Å². The van der Waals surface area contributed by atoms with Gasteiger partial charge in [-0.25, -0.2) is 0 Å². The Balaban J connectivity index is 2.73. The molecule has 0 aliphatic heterocycles. The molecular formula is C9H16N2O2. The van der Waals surface area contributed by atoms with Gasteiger partial charge in [0.1, 0.15) is 0 Å². The van der Waals surface area contributed by atoms with Crippen molar-refractivity contribution in [1.29, 1.82) is 0 Å². The maximum absolute atomic E-state index is 9.93. The number of hydrogen-bond acceptors (Lipinski definition) is 3. The van der Waals surface area contributed by atoms with Gasteiger partial charge < -0.3 is 10.2 Å². The normalized spacial score (nSPS) is 17.0. The molecule has 0 saturated carbocycles. The van der Waals surface area contributed by atoms with Gasteiger partial charge in [-0.1, -0.05) is 0 Å². The monoisotopic (exact) mass is 184 g/mol. The Bertz CT molecular complexity index is 260. The van der Waals surface area contributed by atoms with Crippen molar-refractivity contribution in [2.75, 3.05) is 0 Å². The van der Waals surface area contributed by atoms with Crippen molar-refractivity contribution in [3.05, 3.63) is 18.0 Å². The first-order chi connectivity index (χ1) is 5.83. The van der Waals surface area contributed by atoms with Crippen LogP contribution < -0.4 is 0 Å². The first-order valence-electron chi connectivity index (χ1n) is 4.26. The van der Waals surface area contributed by atoms with Gasteiger partial charge in [-0.3, -0.25) is 5.10 Å². The van der Waals surface area contributed by atoms with Crippen LogP contribution in [0.15, 0.2) is 12.3 Å². The maximum Gasteiger partial charge on any atom is 0.0954 e. The van der Waals surface area contributed by atoms with E-state index in [9.17, 15) is 10.2 Å². The summed E-state index contributed by atoms with van der Waals surface area (Å²) in [7, 11) is 0. The van der Waals surface area contributed by atoms with Crippen molar-refractivity contribution in [1.82, 2.24) is 10.2 Å². The van der Waals surface area contributed by atoms with Crippen LogP contribution in [0.2, 0.25) is 0 Å². The van der Waals surface area contributed by atoms with Crippen molar-refractivity contribution < 1.29 is 10.2 Å². The Hall–Kier alpha value is -0.870. The van der Waals surface area contributed by atoms with E-state index in [0.29, 0.717) is 6.42 Å². The number of hydrogen-bond donors (Lipinski definition) is 3. The van der Waals surface area contributed by atoms with Gasteiger partial charge in [0.2, 0.25) is 0 Å². The molecule has 1 aromatic heterocycles. The van der Waals surface area contributed by atoms with E-state index in [1.165, 1.54) is 0 Å². The number of rotatable bonds is 3. The third-order valence-electron chi connectivity index (χ3n) is 2.41. The highest BCUT2D eigenvalue weighted by molar-refractivity contribution is 5.05. The largest absolute Gasteiger partial charge is 0.387 e. The first kappa shape index (κ1) is 10.2. The summed E-state index contributed by atoms with van der Waals surface area (Å²) in [5.74, 6) is 0. The molecule has 0 aromatic carbocycles. The number of aromatic amines is 1. The third-order valence-corrected chi connectivity index (χ3v) is 2.41. The molecule has 1 rings (SSSR count). The van der Waals surface area contributed by atoms with Crippen LogP contribution in [0.4, 0.5) is 0 Å². The van der Waals surface area contributed by atoms with E-state index in [1.54, 1.807) is 33.0 Å². The molecule has 4 heteroatoms. The van der Waals surface area contributed by atoms with Crippen LogP contribution in [0.5, 0.6) is 0 Å². The van der Waals surface area contributed by atoms with Crippen molar-refractivity contribution in [3.63, 3.8) is 0 Å². The van der Waals surface area contributed by atoms with Crippen molar-refractivity contribution in [2.24, 2.45) is 0 Å². The van der Waals surface area contributed by atoms with Crippen molar-refractivity contribution >= 4 is 0 Å². The van der Waals surface area contributed by atoms with Gasteiger partial charge in [0.25, 0.3) is 0 Å². The van der Waals surface area contributed by atoms with Crippen LogP contribution in [0, 0.1) is 0 Å². The fraction of sp³-hybridized carbons (Fsp3) is 0.667. The quantitative estimate of drug-likeness (QED) is 0.639. The summed E-state index contributed by atoms with van der Waals surface area (Å²) >= 11 is 0. The standard InChI is InChI=1S/C9H16N2O2/c1-8(2,12)9(3,13)6-7-4-5-10-11-7/h4-5,12-13H,6H2,1-3H3,(H,10,11). The van der Waals surface area contributed by atoms with Crippen LogP contribution >= 0.6 is 0 Å². The second-order valence-corrected chi connectivity index (χ2v) is 4.09. The molecule has 0 amide bonds. The lowest BCUT2D eigenvalue weighted by molar-refractivity contribution is -0.119. The summed E-state index contributed by atoms with van der Waals surface area (Å²) in [6.07, 6.45) is 1.98. The highest BCUT2D eigenvalue weighted by Crippen LogP contribution is 2.24. The SMILES string of the molecule is CC(C)(O)C(C)(O)Cc1ccn[nH]1. The number of H-pyrrole nitrogens is 1. The molecule has 0 spiro atoms. The van der Waals surface area contributed by atoms with E-state index in [2.05, 4.69) is 10.2 Å². The second-order valence-electron chi connectivity index (χ2n) is 4.09. The van der Waals surface area contributed by atoms with Crippen LogP contribution in [0.3, 0.4) is 0 Å². The predicted molar refractivity (Wildman–Crippen MR) is 49.2 cm³/mol. The van der Waals surface area contributed by atoms with Crippen LogP contribution in [-0.2, 0) is 6.42 Å². The number of nitrogens with one attached hydrogen (secondary N) is 1. The third kappa shape index (κ3) is 2.29. The molecule has 3 N–H and O–H groups in total. The molecule has 0 saturated heterocycles. The molecular weight excluding hydrogens is 168 g/mol. The van der Waals surface area contributed by atoms with Crippen molar-refractivity contribution in [3.8, 4) is 0 Å². The zero-order chi connectivity index (χ0) is 10.1. The van der Waals surface area contributed by atoms with E-state index in [1.807, 2.05) is 0 Å². The summed E-state index contributed by atoms with van der Waals surface area (Å²) in [6, 6.07) is 1.78. The van der Waals surface area contributed by atoms with Gasteiger partial charge in [-0.15, -0.1) is 0 Å². The zero-order valence-electron chi connectivity index (χ0n) is 8.20. The van der Waals surface area contributed by atoms with E-state index in [0.717, 1.165) is 5.69 Å². The molecule has 1 unspecified atom stereocenters. The molecule has 13 heavy (non-hydrogen) atoms. The maximum atomic E-state index is 9.93. The summed E-state index contributed by atoms with van der Waals surface area (Å²) in [5, 5.41) is 26.1. The predicted octanol–water partition coefficient (Wildman–Crippen LogP) is 0.474. The zero-order valence-corrected chi connectivity index (χ0v) is 8.20. The van der Waals surface area contributed by atoms with Gasteiger partial charge in [0.05, 0.1) is 11.2 Å². The van der Waals surface area contributed by atoms with Gasteiger partial charge in [-0.2, -0.15) is 5.10 Å². The van der Waals surface area contributed by atoms with Gasteiger partial charge in [0, 0.05) is 18.3 Å². The molecule has 1 aromatic rings. The van der Waals surface area contributed by atoms with E-state index in [-0.39, 0.29) is 0 Å². The lowest BCUT2D eigenvalue weighted by atomic mass is 9.84. The highest BCUT2D eigenvalue weighted by Gasteiger charge is 2.37. The van der Waals surface area contributed by atoms with Crippen molar-refractivity contribution in [2.45, 2.75) is 38.4 Å². The second kappa shape index (κ2) is 3.12. The fourth-order valence-corrected chi connectivity index (χ4v) is 0.970. The minimum absolute atomic E-state index is 0.358. The molecule has 1 heterocycles. The highest BCUT2D eigenvalue weighted by atomic mass is 16.3. The summed E-state index contributed by atoms with van der Waals surface area (Å²) in [6.45, 7) is 4.78. The lowest BCUT2D eigenvalue weighted by Gasteiger charge is -2.35. The lowest BCUT2D eigenvalue weighted by Crippen LogP contribution is -2.49. The van der Waals surface area contributed by atoms with Gasteiger partial charge >= 0.3 is 0 Å².